The van der Waals surface area contributed by atoms with Gasteiger partial charge in [-0.25, -0.2) is 4.98 Å². The fourth-order valence-corrected chi connectivity index (χ4v) is 3.40. The molecule has 4 aromatic rings. The van der Waals surface area contributed by atoms with Crippen LogP contribution in [0.2, 0.25) is 0 Å². The predicted octanol–water partition coefficient (Wildman–Crippen LogP) is 5.75. The maximum Gasteiger partial charge on any atom is 0.133 e. The van der Waals surface area contributed by atoms with Gasteiger partial charge in [0.2, 0.25) is 0 Å². The zero-order valence-electron chi connectivity index (χ0n) is 13.1. The first-order valence-electron chi connectivity index (χ1n) is 7.58. The summed E-state index contributed by atoms with van der Waals surface area (Å²) < 4.78 is 10.8. The number of furan rings is 1. The third-order valence-electron chi connectivity index (χ3n) is 3.78. The van der Waals surface area contributed by atoms with Crippen molar-refractivity contribution in [2.24, 2.45) is 0 Å². The zero-order valence-corrected chi connectivity index (χ0v) is 13.9. The van der Waals surface area contributed by atoms with Crippen LogP contribution in [-0.4, -0.2) is 12.1 Å². The molecular formula is C20H15NO2S. The summed E-state index contributed by atoms with van der Waals surface area (Å²) in [4.78, 5) is 4.78. The van der Waals surface area contributed by atoms with E-state index in [1.807, 2.05) is 48.5 Å². The lowest BCUT2D eigenvalue weighted by molar-refractivity contribution is 0.415. The quantitative estimate of drug-likeness (QED) is 0.477. The number of benzene rings is 2. The third-order valence-corrected chi connectivity index (χ3v) is 4.68. The largest absolute Gasteiger partial charge is 0.497 e. The van der Waals surface area contributed by atoms with Gasteiger partial charge in [-0.2, -0.15) is 0 Å². The smallest absolute Gasteiger partial charge is 0.133 e. The predicted molar refractivity (Wildman–Crippen MR) is 97.2 cm³/mol. The van der Waals surface area contributed by atoms with Crippen molar-refractivity contribution in [3.8, 4) is 38.9 Å². The monoisotopic (exact) mass is 333 g/mol. The molecule has 2 aromatic carbocycles. The Morgan fingerprint density at radius 1 is 0.917 bits per heavy atom. The third kappa shape index (κ3) is 2.84. The molecule has 0 radical (unpaired) electrons. The van der Waals surface area contributed by atoms with Gasteiger partial charge in [0, 0.05) is 22.1 Å². The first-order valence-corrected chi connectivity index (χ1v) is 8.46. The number of methoxy groups -OCH3 is 1. The van der Waals surface area contributed by atoms with Crippen molar-refractivity contribution in [1.82, 2.24) is 4.98 Å². The molecule has 0 amide bonds. The first kappa shape index (κ1) is 14.7. The lowest BCUT2D eigenvalue weighted by atomic mass is 10.1. The van der Waals surface area contributed by atoms with Crippen LogP contribution >= 0.6 is 11.3 Å². The summed E-state index contributed by atoms with van der Waals surface area (Å²) in [5.74, 6) is 1.70. The van der Waals surface area contributed by atoms with Crippen molar-refractivity contribution in [3.05, 3.63) is 72.3 Å². The highest BCUT2D eigenvalue weighted by Gasteiger charge is 2.09. The normalized spacial score (nSPS) is 10.7. The van der Waals surface area contributed by atoms with Crippen LogP contribution in [0.5, 0.6) is 5.75 Å². The van der Waals surface area contributed by atoms with Crippen molar-refractivity contribution in [3.63, 3.8) is 0 Å². The number of rotatable bonds is 4. The fraction of sp³-hybridized carbons (Fsp3) is 0.0500. The molecular weight excluding hydrogens is 318 g/mol. The van der Waals surface area contributed by atoms with Crippen LogP contribution in [0.4, 0.5) is 0 Å². The summed E-state index contributed by atoms with van der Waals surface area (Å²) in [6, 6.07) is 20.0. The van der Waals surface area contributed by atoms with E-state index in [4.69, 9.17) is 14.1 Å². The average Bonchev–Trinajstić information content (AvgIpc) is 3.34. The van der Waals surface area contributed by atoms with Crippen LogP contribution in [0.25, 0.3) is 33.2 Å². The van der Waals surface area contributed by atoms with E-state index in [1.54, 1.807) is 24.7 Å². The molecule has 0 fully saturated rings. The molecule has 0 unspecified atom stereocenters. The summed E-state index contributed by atoms with van der Waals surface area (Å²) in [5, 5.41) is 3.06. The molecule has 118 valence electrons. The highest BCUT2D eigenvalue weighted by atomic mass is 32.1. The van der Waals surface area contributed by atoms with Crippen molar-refractivity contribution in [2.45, 2.75) is 0 Å². The van der Waals surface area contributed by atoms with E-state index in [0.29, 0.717) is 0 Å². The van der Waals surface area contributed by atoms with Gasteiger partial charge in [0.25, 0.3) is 0 Å². The van der Waals surface area contributed by atoms with Gasteiger partial charge >= 0.3 is 0 Å². The molecule has 2 aromatic heterocycles. The van der Waals surface area contributed by atoms with E-state index in [1.165, 1.54) is 0 Å². The zero-order chi connectivity index (χ0) is 16.4. The second-order valence-corrected chi connectivity index (χ2v) is 6.19. The Kier molecular flexibility index (Phi) is 3.89. The van der Waals surface area contributed by atoms with Crippen LogP contribution in [0.1, 0.15) is 0 Å². The maximum absolute atomic E-state index is 5.48. The van der Waals surface area contributed by atoms with Crippen LogP contribution in [-0.2, 0) is 0 Å². The van der Waals surface area contributed by atoms with Gasteiger partial charge < -0.3 is 9.15 Å². The molecule has 4 heteroatoms. The Balaban J connectivity index is 1.69. The summed E-state index contributed by atoms with van der Waals surface area (Å²) in [6.45, 7) is 0. The summed E-state index contributed by atoms with van der Waals surface area (Å²) in [5.41, 5.74) is 4.15. The second kappa shape index (κ2) is 6.34. The minimum Gasteiger partial charge on any atom is -0.497 e. The Labute approximate surface area is 144 Å². The molecule has 4 rings (SSSR count). The van der Waals surface area contributed by atoms with Crippen LogP contribution in [0, 0.1) is 0 Å². The highest BCUT2D eigenvalue weighted by Crippen LogP contribution is 2.32. The lowest BCUT2D eigenvalue weighted by Gasteiger charge is -2.02. The number of aromatic nitrogens is 1. The van der Waals surface area contributed by atoms with Crippen molar-refractivity contribution < 1.29 is 9.15 Å². The lowest BCUT2D eigenvalue weighted by Crippen LogP contribution is -1.84. The van der Waals surface area contributed by atoms with Crippen LogP contribution in [0.3, 0.4) is 0 Å². The first-order chi connectivity index (χ1) is 11.8. The van der Waals surface area contributed by atoms with Crippen molar-refractivity contribution in [2.75, 3.05) is 7.11 Å². The Hall–Kier alpha value is -2.85. The number of hydrogen-bond donors (Lipinski definition) is 0. The van der Waals surface area contributed by atoms with Crippen LogP contribution in [0.15, 0.2) is 76.7 Å². The standard InChI is InChI=1S/C20H15NO2S/c1-22-17-8-3-5-14(12-17)18-13-24-20(21-18)16-7-2-6-15(11-16)19-9-4-10-23-19/h2-13H,1H3. The van der Waals surface area contributed by atoms with Gasteiger partial charge in [0.05, 0.1) is 19.1 Å². The molecule has 0 aliphatic carbocycles. The molecule has 0 spiro atoms. The van der Waals surface area contributed by atoms with E-state index in [2.05, 4.69) is 17.5 Å². The molecule has 24 heavy (non-hydrogen) atoms. The summed E-state index contributed by atoms with van der Waals surface area (Å²) in [7, 11) is 1.67. The molecule has 0 aliphatic heterocycles. The van der Waals surface area contributed by atoms with E-state index in [9.17, 15) is 0 Å². The highest BCUT2D eigenvalue weighted by molar-refractivity contribution is 7.13. The molecule has 0 saturated carbocycles. The Morgan fingerprint density at radius 3 is 2.58 bits per heavy atom. The number of ether oxygens (including phenoxy) is 1. The van der Waals surface area contributed by atoms with Gasteiger partial charge in [-0.15, -0.1) is 11.3 Å². The van der Waals surface area contributed by atoms with E-state index < -0.39 is 0 Å². The Bertz CT molecular complexity index is 957. The van der Waals surface area contributed by atoms with Gasteiger partial charge in [-0.3, -0.25) is 0 Å². The molecule has 2 heterocycles. The van der Waals surface area contributed by atoms with E-state index >= 15 is 0 Å². The van der Waals surface area contributed by atoms with Gasteiger partial charge in [0.15, 0.2) is 0 Å². The number of hydrogen-bond acceptors (Lipinski definition) is 4. The average molecular weight is 333 g/mol. The summed E-state index contributed by atoms with van der Waals surface area (Å²) >= 11 is 1.63. The van der Waals surface area contributed by atoms with E-state index in [-0.39, 0.29) is 0 Å². The van der Waals surface area contributed by atoms with E-state index in [0.717, 1.165) is 38.9 Å². The number of thiazole rings is 1. The topological polar surface area (TPSA) is 35.3 Å². The number of nitrogens with zero attached hydrogens (tertiary/aromatic N) is 1. The molecule has 3 nitrogen and oxygen atoms in total. The van der Waals surface area contributed by atoms with Crippen molar-refractivity contribution in [1.29, 1.82) is 0 Å². The van der Waals surface area contributed by atoms with Crippen molar-refractivity contribution >= 4 is 11.3 Å². The molecule has 0 saturated heterocycles. The molecule has 0 atom stereocenters. The van der Waals surface area contributed by atoms with Crippen LogP contribution < -0.4 is 4.74 Å². The van der Waals surface area contributed by atoms with Gasteiger partial charge in [0.1, 0.15) is 16.5 Å². The second-order valence-electron chi connectivity index (χ2n) is 5.33. The maximum atomic E-state index is 5.48. The molecule has 0 bridgehead atoms. The fourth-order valence-electron chi connectivity index (χ4n) is 2.57. The SMILES string of the molecule is COc1cccc(-c2csc(-c3cccc(-c4ccco4)c3)n2)c1. The van der Waals surface area contributed by atoms with Gasteiger partial charge in [-0.05, 0) is 30.3 Å². The van der Waals surface area contributed by atoms with Gasteiger partial charge in [-0.1, -0.05) is 30.3 Å². The molecule has 0 aliphatic rings. The molecule has 0 N–H and O–H groups in total. The Morgan fingerprint density at radius 2 is 1.75 bits per heavy atom. The minimum absolute atomic E-state index is 0.835. The summed E-state index contributed by atoms with van der Waals surface area (Å²) in [6.07, 6.45) is 1.69. The minimum atomic E-state index is 0.835.